The summed E-state index contributed by atoms with van der Waals surface area (Å²) in [7, 11) is 4.30. The predicted molar refractivity (Wildman–Crippen MR) is 108 cm³/mol. The zero-order chi connectivity index (χ0) is 16.9. The Kier molecular flexibility index (Phi) is 7.10. The SMILES string of the molecule is CN(C)C[C@@H]1CC/C(=C\c2ccccc2)C[C@H]1c1cccc(O)c1.Cl. The standard InChI is InChI=1S/C22H27NO.ClH/c1-23(2)16-20-12-11-18(13-17-7-4-3-5-8-17)14-22(20)19-9-6-10-21(24)15-19;/h3-10,13,15,20,22,24H,11-12,14,16H2,1-2H3;1H/b18-13+;/t20-,22-;/m0./s1. The fourth-order valence-electron chi connectivity index (χ4n) is 3.87. The Morgan fingerprint density at radius 1 is 1.08 bits per heavy atom. The molecule has 0 unspecified atom stereocenters. The summed E-state index contributed by atoms with van der Waals surface area (Å²) in [6, 6.07) is 18.4. The minimum Gasteiger partial charge on any atom is -0.508 e. The topological polar surface area (TPSA) is 23.5 Å². The summed E-state index contributed by atoms with van der Waals surface area (Å²) in [5.74, 6) is 1.48. The summed E-state index contributed by atoms with van der Waals surface area (Å²) in [6.45, 7) is 1.10. The summed E-state index contributed by atoms with van der Waals surface area (Å²) < 4.78 is 0. The molecule has 1 N–H and O–H groups in total. The molecule has 0 heterocycles. The molecule has 0 amide bonds. The second kappa shape index (κ2) is 9.07. The highest BCUT2D eigenvalue weighted by Crippen LogP contribution is 2.41. The number of rotatable bonds is 4. The zero-order valence-electron chi connectivity index (χ0n) is 15.1. The number of allylic oxidation sites excluding steroid dienone is 1. The molecule has 0 bridgehead atoms. The van der Waals surface area contributed by atoms with Gasteiger partial charge in [0.25, 0.3) is 0 Å². The van der Waals surface area contributed by atoms with Crippen molar-refractivity contribution in [3.63, 3.8) is 0 Å². The number of halogens is 1. The van der Waals surface area contributed by atoms with E-state index in [1.54, 1.807) is 6.07 Å². The fraction of sp³-hybridized carbons (Fsp3) is 0.364. The first-order chi connectivity index (χ1) is 11.6. The number of hydrogen-bond acceptors (Lipinski definition) is 2. The van der Waals surface area contributed by atoms with E-state index in [9.17, 15) is 5.11 Å². The van der Waals surface area contributed by atoms with Gasteiger partial charge < -0.3 is 10.0 Å². The van der Waals surface area contributed by atoms with E-state index in [-0.39, 0.29) is 12.4 Å². The molecule has 25 heavy (non-hydrogen) atoms. The molecule has 3 heteroatoms. The molecule has 1 aliphatic rings. The lowest BCUT2D eigenvalue weighted by atomic mass is 9.73. The van der Waals surface area contributed by atoms with Gasteiger partial charge in [0.2, 0.25) is 0 Å². The first-order valence-electron chi connectivity index (χ1n) is 8.80. The van der Waals surface area contributed by atoms with E-state index in [0.29, 0.717) is 17.6 Å². The molecule has 0 radical (unpaired) electrons. The normalized spacial score (nSPS) is 22.0. The van der Waals surface area contributed by atoms with Crippen molar-refractivity contribution < 1.29 is 5.11 Å². The van der Waals surface area contributed by atoms with E-state index < -0.39 is 0 Å². The Hall–Kier alpha value is -1.77. The van der Waals surface area contributed by atoms with Gasteiger partial charge in [0, 0.05) is 6.54 Å². The Balaban J connectivity index is 0.00000225. The van der Waals surface area contributed by atoms with Crippen molar-refractivity contribution in [3.05, 3.63) is 71.3 Å². The Morgan fingerprint density at radius 3 is 2.52 bits per heavy atom. The summed E-state index contributed by atoms with van der Waals surface area (Å²) in [5.41, 5.74) is 4.07. The smallest absolute Gasteiger partial charge is 0.115 e. The van der Waals surface area contributed by atoms with Crippen molar-refractivity contribution in [2.45, 2.75) is 25.2 Å². The molecular formula is C22H28ClNO. The molecule has 2 nitrogen and oxygen atoms in total. The van der Waals surface area contributed by atoms with Crippen LogP contribution in [-0.4, -0.2) is 30.6 Å². The largest absolute Gasteiger partial charge is 0.508 e. The maximum Gasteiger partial charge on any atom is 0.115 e. The van der Waals surface area contributed by atoms with Gasteiger partial charge in [0.1, 0.15) is 5.75 Å². The van der Waals surface area contributed by atoms with Crippen LogP contribution in [0.3, 0.4) is 0 Å². The Labute approximate surface area is 157 Å². The van der Waals surface area contributed by atoms with E-state index in [0.717, 1.165) is 13.0 Å². The van der Waals surface area contributed by atoms with Crippen LogP contribution in [0.15, 0.2) is 60.2 Å². The number of benzene rings is 2. The van der Waals surface area contributed by atoms with Gasteiger partial charge in [-0.2, -0.15) is 0 Å². The van der Waals surface area contributed by atoms with Crippen LogP contribution in [0, 0.1) is 5.92 Å². The van der Waals surface area contributed by atoms with E-state index in [1.165, 1.54) is 29.5 Å². The summed E-state index contributed by atoms with van der Waals surface area (Å²) in [5, 5.41) is 9.89. The van der Waals surface area contributed by atoms with Crippen molar-refractivity contribution >= 4 is 18.5 Å². The van der Waals surface area contributed by atoms with Crippen LogP contribution in [0.4, 0.5) is 0 Å². The monoisotopic (exact) mass is 357 g/mol. The van der Waals surface area contributed by atoms with Crippen LogP contribution in [-0.2, 0) is 0 Å². The van der Waals surface area contributed by atoms with E-state index in [4.69, 9.17) is 0 Å². The molecule has 1 saturated carbocycles. The van der Waals surface area contributed by atoms with Gasteiger partial charge in [-0.25, -0.2) is 0 Å². The second-order valence-corrected chi connectivity index (χ2v) is 7.18. The number of phenolic OH excluding ortho intramolecular Hbond substituents is 1. The Morgan fingerprint density at radius 2 is 1.84 bits per heavy atom. The van der Waals surface area contributed by atoms with E-state index in [2.05, 4.69) is 61.5 Å². The van der Waals surface area contributed by atoms with Crippen molar-refractivity contribution in [2.24, 2.45) is 5.92 Å². The first kappa shape index (κ1) is 19.6. The van der Waals surface area contributed by atoms with Crippen LogP contribution in [0.5, 0.6) is 5.75 Å². The fourth-order valence-corrected chi connectivity index (χ4v) is 3.87. The van der Waals surface area contributed by atoms with Crippen molar-refractivity contribution in [1.82, 2.24) is 4.90 Å². The van der Waals surface area contributed by atoms with Gasteiger partial charge in [-0.05, 0) is 68.5 Å². The Bertz CT molecular complexity index is 696. The van der Waals surface area contributed by atoms with Gasteiger partial charge in [-0.15, -0.1) is 12.4 Å². The minimum atomic E-state index is 0. The third kappa shape index (κ3) is 5.35. The lowest BCUT2D eigenvalue weighted by molar-refractivity contribution is 0.256. The lowest BCUT2D eigenvalue weighted by Gasteiger charge is -2.35. The molecule has 0 aromatic heterocycles. The number of phenols is 1. The van der Waals surface area contributed by atoms with E-state index >= 15 is 0 Å². The molecule has 2 atom stereocenters. The predicted octanol–water partition coefficient (Wildman–Crippen LogP) is 5.34. The van der Waals surface area contributed by atoms with Crippen LogP contribution >= 0.6 is 12.4 Å². The first-order valence-corrected chi connectivity index (χ1v) is 8.80. The maximum atomic E-state index is 9.89. The molecule has 1 fully saturated rings. The van der Waals surface area contributed by atoms with Crippen molar-refractivity contribution in [3.8, 4) is 5.75 Å². The highest BCUT2D eigenvalue weighted by Gasteiger charge is 2.29. The number of hydrogen-bond donors (Lipinski definition) is 1. The van der Waals surface area contributed by atoms with Crippen LogP contribution in [0.2, 0.25) is 0 Å². The number of aromatic hydroxyl groups is 1. The maximum absolute atomic E-state index is 9.89. The molecule has 1 aliphatic carbocycles. The van der Waals surface area contributed by atoms with Gasteiger partial charge in [0.05, 0.1) is 0 Å². The number of nitrogens with zero attached hydrogens (tertiary/aromatic N) is 1. The molecule has 134 valence electrons. The van der Waals surface area contributed by atoms with Gasteiger partial charge in [-0.1, -0.05) is 54.1 Å². The summed E-state index contributed by atoms with van der Waals surface area (Å²) in [6.07, 6.45) is 5.80. The molecular weight excluding hydrogens is 330 g/mol. The third-order valence-electron chi connectivity index (χ3n) is 4.96. The highest BCUT2D eigenvalue weighted by atomic mass is 35.5. The van der Waals surface area contributed by atoms with Gasteiger partial charge in [-0.3, -0.25) is 0 Å². The van der Waals surface area contributed by atoms with Crippen molar-refractivity contribution in [1.29, 1.82) is 0 Å². The molecule has 2 aromatic carbocycles. The van der Waals surface area contributed by atoms with Gasteiger partial charge >= 0.3 is 0 Å². The zero-order valence-corrected chi connectivity index (χ0v) is 15.9. The van der Waals surface area contributed by atoms with Crippen LogP contribution < -0.4 is 0 Å². The van der Waals surface area contributed by atoms with E-state index in [1.807, 2.05) is 12.1 Å². The average Bonchev–Trinajstić information content (AvgIpc) is 2.57. The van der Waals surface area contributed by atoms with Gasteiger partial charge in [0.15, 0.2) is 0 Å². The summed E-state index contributed by atoms with van der Waals surface area (Å²) in [4.78, 5) is 2.28. The minimum absolute atomic E-state index is 0. The van der Waals surface area contributed by atoms with Crippen LogP contribution in [0.25, 0.3) is 6.08 Å². The summed E-state index contributed by atoms with van der Waals surface area (Å²) >= 11 is 0. The third-order valence-corrected chi connectivity index (χ3v) is 4.96. The van der Waals surface area contributed by atoms with Crippen LogP contribution in [0.1, 0.15) is 36.3 Å². The van der Waals surface area contributed by atoms with Crippen molar-refractivity contribution in [2.75, 3.05) is 20.6 Å². The quantitative estimate of drug-likeness (QED) is 0.798. The molecule has 0 spiro atoms. The molecule has 3 rings (SSSR count). The second-order valence-electron chi connectivity index (χ2n) is 7.18. The molecule has 0 aliphatic heterocycles. The average molecular weight is 358 g/mol. The molecule has 0 saturated heterocycles. The highest BCUT2D eigenvalue weighted by molar-refractivity contribution is 5.85. The lowest BCUT2D eigenvalue weighted by Crippen LogP contribution is -2.29. The molecule has 2 aromatic rings.